The average molecular weight is 458 g/mol. The van der Waals surface area contributed by atoms with Gasteiger partial charge in [-0.25, -0.2) is 9.59 Å². The third-order valence-corrected chi connectivity index (χ3v) is 5.27. The molecule has 0 aliphatic rings. The average Bonchev–Trinajstić information content (AvgIpc) is 3.18. The lowest BCUT2D eigenvalue weighted by Crippen LogP contribution is -2.24. The maximum absolute atomic E-state index is 12.6. The molecular weight excluding hydrogens is 438 g/mol. The lowest BCUT2D eigenvalue weighted by molar-refractivity contribution is -0.119. The highest BCUT2D eigenvalue weighted by Gasteiger charge is 2.28. The quantitative estimate of drug-likeness (QED) is 0.637. The summed E-state index contributed by atoms with van der Waals surface area (Å²) in [5.41, 5.74) is 0.578. The molecule has 0 aromatic carbocycles. The molecule has 1 atom stereocenters. The standard InChI is InChI=1S/C17H20BrN3O5S/c1-5-25-16(23)12-9(3)13(17(24)26-6-2)27-15(12)20-14(22)10(4)21-8-11(18)7-19-21/h7-8,10H,5-6H2,1-4H3,(H,20,22). The number of aromatic nitrogens is 2. The van der Waals surface area contributed by atoms with Crippen LogP contribution in [0.15, 0.2) is 16.9 Å². The summed E-state index contributed by atoms with van der Waals surface area (Å²) in [6.45, 7) is 7.05. The van der Waals surface area contributed by atoms with Crippen molar-refractivity contribution in [3.8, 4) is 0 Å². The number of hydrogen-bond donors (Lipinski definition) is 1. The van der Waals surface area contributed by atoms with Gasteiger partial charge in [0, 0.05) is 6.20 Å². The van der Waals surface area contributed by atoms with Gasteiger partial charge in [-0.1, -0.05) is 0 Å². The third kappa shape index (κ3) is 4.75. The molecule has 10 heteroatoms. The van der Waals surface area contributed by atoms with E-state index < -0.39 is 18.0 Å². The van der Waals surface area contributed by atoms with Crippen molar-refractivity contribution in [3.05, 3.63) is 32.9 Å². The first kappa shape index (κ1) is 21.1. The smallest absolute Gasteiger partial charge is 0.348 e. The predicted molar refractivity (Wildman–Crippen MR) is 104 cm³/mol. The number of ether oxygens (including phenoxy) is 2. The first-order chi connectivity index (χ1) is 12.8. The topological polar surface area (TPSA) is 99.5 Å². The molecule has 0 saturated carbocycles. The van der Waals surface area contributed by atoms with Crippen molar-refractivity contribution in [3.63, 3.8) is 0 Å². The van der Waals surface area contributed by atoms with E-state index in [0.29, 0.717) is 5.56 Å². The molecule has 0 bridgehead atoms. The van der Waals surface area contributed by atoms with Crippen LogP contribution in [0.25, 0.3) is 0 Å². The molecule has 1 N–H and O–H groups in total. The van der Waals surface area contributed by atoms with Crippen LogP contribution in [0.1, 0.15) is 52.4 Å². The number of amides is 1. The fourth-order valence-corrected chi connectivity index (χ4v) is 3.70. The Hall–Kier alpha value is -2.20. The number of nitrogens with one attached hydrogen (secondary N) is 1. The highest BCUT2D eigenvalue weighted by atomic mass is 79.9. The van der Waals surface area contributed by atoms with E-state index in [1.54, 1.807) is 40.1 Å². The van der Waals surface area contributed by atoms with Crippen LogP contribution in [0.3, 0.4) is 0 Å². The van der Waals surface area contributed by atoms with Crippen LogP contribution in [0, 0.1) is 6.92 Å². The van der Waals surface area contributed by atoms with Crippen LogP contribution in [0.2, 0.25) is 0 Å². The van der Waals surface area contributed by atoms with E-state index in [4.69, 9.17) is 9.47 Å². The summed E-state index contributed by atoms with van der Waals surface area (Å²) < 4.78 is 12.3. The molecule has 0 saturated heterocycles. The molecule has 0 spiro atoms. The van der Waals surface area contributed by atoms with Gasteiger partial charge in [0.1, 0.15) is 15.9 Å². The van der Waals surface area contributed by atoms with Crippen LogP contribution < -0.4 is 5.32 Å². The van der Waals surface area contributed by atoms with Gasteiger partial charge in [0.25, 0.3) is 0 Å². The normalized spacial score (nSPS) is 11.7. The van der Waals surface area contributed by atoms with Gasteiger partial charge in [-0.15, -0.1) is 11.3 Å². The van der Waals surface area contributed by atoms with Gasteiger partial charge < -0.3 is 14.8 Å². The van der Waals surface area contributed by atoms with E-state index in [-0.39, 0.29) is 34.6 Å². The largest absolute Gasteiger partial charge is 0.462 e. The Bertz CT molecular complexity index is 861. The molecular formula is C17H20BrN3O5S. The number of anilines is 1. The summed E-state index contributed by atoms with van der Waals surface area (Å²) >= 11 is 4.27. The molecule has 8 nitrogen and oxygen atoms in total. The predicted octanol–water partition coefficient (Wildman–Crippen LogP) is 3.57. The second kappa shape index (κ2) is 9.14. The van der Waals surface area contributed by atoms with E-state index >= 15 is 0 Å². The van der Waals surface area contributed by atoms with Gasteiger partial charge in [0.2, 0.25) is 5.91 Å². The molecule has 2 rings (SSSR count). The minimum atomic E-state index is -0.625. The molecule has 2 aromatic rings. The Balaban J connectivity index is 2.35. The zero-order valence-electron chi connectivity index (χ0n) is 15.4. The molecule has 0 aliphatic heterocycles. The van der Waals surface area contributed by atoms with Crippen LogP contribution in [-0.4, -0.2) is 40.8 Å². The zero-order chi connectivity index (χ0) is 20.1. The Morgan fingerprint density at radius 3 is 2.44 bits per heavy atom. The summed E-state index contributed by atoms with van der Waals surface area (Å²) in [5.74, 6) is -1.53. The number of rotatable bonds is 7. The second-order valence-corrected chi connectivity index (χ2v) is 7.44. The van der Waals surface area contributed by atoms with Gasteiger partial charge in [0.05, 0.1) is 29.4 Å². The fourth-order valence-electron chi connectivity index (χ4n) is 2.31. The maximum Gasteiger partial charge on any atom is 0.348 e. The number of carbonyl (C=O) groups excluding carboxylic acids is 3. The molecule has 1 amide bonds. The van der Waals surface area contributed by atoms with Crippen molar-refractivity contribution in [2.75, 3.05) is 18.5 Å². The molecule has 0 radical (unpaired) electrons. The summed E-state index contributed by atoms with van der Waals surface area (Å²) in [4.78, 5) is 37.4. The SMILES string of the molecule is CCOC(=O)c1sc(NC(=O)C(C)n2cc(Br)cn2)c(C(=O)OCC)c1C. The summed E-state index contributed by atoms with van der Waals surface area (Å²) in [7, 11) is 0. The summed E-state index contributed by atoms with van der Waals surface area (Å²) in [6.07, 6.45) is 3.24. The van der Waals surface area contributed by atoms with Gasteiger partial charge in [-0.3, -0.25) is 9.48 Å². The van der Waals surface area contributed by atoms with Crippen molar-refractivity contribution in [2.24, 2.45) is 0 Å². The molecule has 2 heterocycles. The first-order valence-electron chi connectivity index (χ1n) is 8.28. The van der Waals surface area contributed by atoms with Crippen LogP contribution in [0.5, 0.6) is 0 Å². The van der Waals surface area contributed by atoms with Crippen LogP contribution in [0.4, 0.5) is 5.00 Å². The molecule has 1 unspecified atom stereocenters. The van der Waals surface area contributed by atoms with Gasteiger partial charge in [-0.2, -0.15) is 5.10 Å². The zero-order valence-corrected chi connectivity index (χ0v) is 17.8. The molecule has 0 aliphatic carbocycles. The Morgan fingerprint density at radius 1 is 1.26 bits per heavy atom. The first-order valence-corrected chi connectivity index (χ1v) is 9.89. The molecule has 0 fully saturated rings. The van der Waals surface area contributed by atoms with Crippen molar-refractivity contribution in [2.45, 2.75) is 33.7 Å². The molecule has 27 heavy (non-hydrogen) atoms. The Labute approximate surface area is 169 Å². The van der Waals surface area contributed by atoms with E-state index in [0.717, 1.165) is 15.8 Å². The van der Waals surface area contributed by atoms with Gasteiger partial charge in [-0.05, 0) is 49.2 Å². The highest BCUT2D eigenvalue weighted by molar-refractivity contribution is 9.10. The summed E-state index contributed by atoms with van der Waals surface area (Å²) in [5, 5.41) is 7.05. The molecule has 146 valence electrons. The van der Waals surface area contributed by atoms with E-state index in [9.17, 15) is 14.4 Å². The van der Waals surface area contributed by atoms with E-state index in [2.05, 4.69) is 26.3 Å². The minimum Gasteiger partial charge on any atom is -0.462 e. The van der Waals surface area contributed by atoms with Crippen LogP contribution >= 0.6 is 27.3 Å². The second-order valence-electron chi connectivity index (χ2n) is 5.51. The lowest BCUT2D eigenvalue weighted by Gasteiger charge is -2.12. The number of esters is 2. The number of hydrogen-bond acceptors (Lipinski definition) is 7. The van der Waals surface area contributed by atoms with Gasteiger partial charge in [0.15, 0.2) is 0 Å². The van der Waals surface area contributed by atoms with E-state index in [1.165, 1.54) is 4.68 Å². The maximum atomic E-state index is 12.6. The van der Waals surface area contributed by atoms with Crippen molar-refractivity contribution < 1.29 is 23.9 Å². The Morgan fingerprint density at radius 2 is 1.89 bits per heavy atom. The number of halogens is 1. The lowest BCUT2D eigenvalue weighted by atomic mass is 10.1. The monoisotopic (exact) mass is 457 g/mol. The van der Waals surface area contributed by atoms with Gasteiger partial charge >= 0.3 is 11.9 Å². The van der Waals surface area contributed by atoms with Crippen LogP contribution in [-0.2, 0) is 14.3 Å². The van der Waals surface area contributed by atoms with Crippen molar-refractivity contribution in [1.82, 2.24) is 9.78 Å². The number of nitrogens with zero attached hydrogens (tertiary/aromatic N) is 2. The highest BCUT2D eigenvalue weighted by Crippen LogP contribution is 2.34. The summed E-state index contributed by atoms with van der Waals surface area (Å²) in [6, 6.07) is -0.625. The Kier molecular flexibility index (Phi) is 7.14. The fraction of sp³-hybridized carbons (Fsp3) is 0.412. The third-order valence-electron chi connectivity index (χ3n) is 3.67. The molecule has 2 aromatic heterocycles. The minimum absolute atomic E-state index is 0.159. The van der Waals surface area contributed by atoms with E-state index in [1.807, 2.05) is 0 Å². The number of thiophene rings is 1. The van der Waals surface area contributed by atoms with Crippen molar-refractivity contribution >= 4 is 50.1 Å². The van der Waals surface area contributed by atoms with Crippen molar-refractivity contribution in [1.29, 1.82) is 0 Å². The number of carbonyl (C=O) groups is 3.